The van der Waals surface area contributed by atoms with E-state index in [0.29, 0.717) is 0 Å². The van der Waals surface area contributed by atoms with Crippen LogP contribution in [0.25, 0.3) is 0 Å². The van der Waals surface area contributed by atoms with E-state index in [9.17, 15) is 10.5 Å². The van der Waals surface area contributed by atoms with Crippen LogP contribution < -0.4 is 0 Å². The van der Waals surface area contributed by atoms with Gasteiger partial charge in [0.25, 0.3) is 0 Å². The standard InChI is InChI=1S/C48H52N2/c1-11-36-23-44(31(3)37-14-12-16-39(25-37)33(5)46-22-30(2)18-19-41(46)28-49)35(7)45(24-36)32(4)38-15-13-17-40(26-38)34(6)47-27-43(48(8,9)10)21-20-42(47)29-50/h12-27,31-34H,11H2,1-10H3. The molecule has 0 aliphatic carbocycles. The summed E-state index contributed by atoms with van der Waals surface area (Å²) in [6, 6.07) is 40.1. The molecule has 0 heterocycles. The Bertz CT molecular complexity index is 2090. The van der Waals surface area contributed by atoms with Crippen molar-refractivity contribution in [3.63, 3.8) is 0 Å². The van der Waals surface area contributed by atoms with Gasteiger partial charge in [-0.15, -0.1) is 0 Å². The van der Waals surface area contributed by atoms with Crippen molar-refractivity contribution in [1.82, 2.24) is 0 Å². The minimum Gasteiger partial charge on any atom is -0.192 e. The van der Waals surface area contributed by atoms with Crippen molar-refractivity contribution in [2.24, 2.45) is 0 Å². The third-order valence-corrected chi connectivity index (χ3v) is 11.0. The van der Waals surface area contributed by atoms with E-state index >= 15 is 0 Å². The first kappa shape index (κ1) is 36.4. The molecule has 0 radical (unpaired) electrons. The third kappa shape index (κ3) is 7.47. The van der Waals surface area contributed by atoms with Crippen LogP contribution >= 0.6 is 0 Å². The number of hydrogen-bond donors (Lipinski definition) is 0. The molecular formula is C48H52N2. The van der Waals surface area contributed by atoms with E-state index < -0.39 is 0 Å². The minimum atomic E-state index is 0.0109. The molecule has 0 amide bonds. The summed E-state index contributed by atoms with van der Waals surface area (Å²) in [4.78, 5) is 0. The topological polar surface area (TPSA) is 47.6 Å². The highest BCUT2D eigenvalue weighted by Gasteiger charge is 2.23. The van der Waals surface area contributed by atoms with Crippen LogP contribution in [0.3, 0.4) is 0 Å². The first-order chi connectivity index (χ1) is 23.8. The lowest BCUT2D eigenvalue weighted by Crippen LogP contribution is -2.13. The van der Waals surface area contributed by atoms with Crippen LogP contribution in [-0.4, -0.2) is 0 Å². The summed E-state index contributed by atoms with van der Waals surface area (Å²) in [7, 11) is 0. The minimum absolute atomic E-state index is 0.0109. The summed E-state index contributed by atoms with van der Waals surface area (Å²) in [5.41, 5.74) is 16.6. The second kappa shape index (κ2) is 14.9. The number of nitriles is 2. The van der Waals surface area contributed by atoms with Gasteiger partial charge in [-0.3, -0.25) is 0 Å². The molecule has 5 aromatic rings. The highest BCUT2D eigenvalue weighted by Crippen LogP contribution is 2.38. The molecule has 0 spiro atoms. The summed E-state index contributed by atoms with van der Waals surface area (Å²) in [5.74, 6) is 0.619. The van der Waals surface area contributed by atoms with E-state index in [2.05, 4.69) is 160 Å². The molecule has 0 aromatic heterocycles. The van der Waals surface area contributed by atoms with E-state index in [1.54, 1.807) is 0 Å². The van der Waals surface area contributed by atoms with Gasteiger partial charge in [-0.05, 0) is 99.0 Å². The van der Waals surface area contributed by atoms with Crippen molar-refractivity contribution in [1.29, 1.82) is 10.5 Å². The number of nitrogens with zero attached hydrogens (tertiary/aromatic N) is 2. The fraction of sp³-hybridized carbons (Fsp3) is 0.333. The zero-order chi connectivity index (χ0) is 36.3. The van der Waals surface area contributed by atoms with Crippen molar-refractivity contribution < 1.29 is 0 Å². The highest BCUT2D eigenvalue weighted by atomic mass is 14.3. The van der Waals surface area contributed by atoms with Crippen LogP contribution in [0.2, 0.25) is 0 Å². The summed E-state index contributed by atoms with van der Waals surface area (Å²) in [5, 5.41) is 19.8. The van der Waals surface area contributed by atoms with Gasteiger partial charge in [-0.2, -0.15) is 10.5 Å². The van der Waals surface area contributed by atoms with Gasteiger partial charge in [0.15, 0.2) is 0 Å². The van der Waals surface area contributed by atoms with Gasteiger partial charge >= 0.3 is 0 Å². The molecule has 254 valence electrons. The second-order valence-electron chi connectivity index (χ2n) is 15.3. The quantitative estimate of drug-likeness (QED) is 0.158. The lowest BCUT2D eigenvalue weighted by molar-refractivity contribution is 0.588. The third-order valence-electron chi connectivity index (χ3n) is 11.0. The average Bonchev–Trinajstić information content (AvgIpc) is 3.13. The Morgan fingerprint density at radius 2 is 0.960 bits per heavy atom. The van der Waals surface area contributed by atoms with Gasteiger partial charge in [-0.25, -0.2) is 0 Å². The fourth-order valence-electron chi connectivity index (χ4n) is 7.47. The van der Waals surface area contributed by atoms with E-state index in [0.717, 1.165) is 28.7 Å². The van der Waals surface area contributed by atoms with Gasteiger partial charge in [0.05, 0.1) is 23.3 Å². The summed E-state index contributed by atoms with van der Waals surface area (Å²) < 4.78 is 0. The summed E-state index contributed by atoms with van der Waals surface area (Å²) in [6.07, 6.45) is 0.971. The SMILES string of the molecule is CCc1cc(C(C)c2cccc(C(C)c3cc(C)ccc3C#N)c2)c(C)c(C(C)c2cccc(C(C)c3cc(C(C)(C)C)ccc3C#N)c2)c1. The maximum Gasteiger partial charge on any atom is 0.0994 e. The van der Waals surface area contributed by atoms with Crippen molar-refractivity contribution in [3.8, 4) is 12.1 Å². The molecule has 2 heteroatoms. The lowest BCUT2D eigenvalue weighted by Gasteiger charge is -2.25. The van der Waals surface area contributed by atoms with Gasteiger partial charge in [0.1, 0.15) is 0 Å². The van der Waals surface area contributed by atoms with E-state index in [-0.39, 0.29) is 29.1 Å². The van der Waals surface area contributed by atoms with E-state index in [1.165, 1.54) is 55.6 Å². The molecule has 0 aliphatic heterocycles. The Labute approximate surface area is 301 Å². The Hall–Kier alpha value is -4.92. The monoisotopic (exact) mass is 656 g/mol. The predicted molar refractivity (Wildman–Crippen MR) is 209 cm³/mol. The largest absolute Gasteiger partial charge is 0.192 e. The predicted octanol–water partition coefficient (Wildman–Crippen LogP) is 12.5. The molecular weight excluding hydrogens is 605 g/mol. The Kier molecular flexibility index (Phi) is 10.8. The molecule has 5 aromatic carbocycles. The maximum absolute atomic E-state index is 10.00. The Morgan fingerprint density at radius 1 is 0.540 bits per heavy atom. The number of aryl methyl sites for hydroxylation is 2. The van der Waals surface area contributed by atoms with Crippen molar-refractivity contribution in [3.05, 3.63) is 175 Å². The molecule has 0 N–H and O–H groups in total. The number of benzene rings is 5. The number of rotatable bonds is 9. The van der Waals surface area contributed by atoms with Gasteiger partial charge in [-0.1, -0.05) is 146 Å². The van der Waals surface area contributed by atoms with Crippen LogP contribution in [0.5, 0.6) is 0 Å². The number of hydrogen-bond acceptors (Lipinski definition) is 2. The molecule has 50 heavy (non-hydrogen) atoms. The molecule has 0 bridgehead atoms. The molecule has 2 nitrogen and oxygen atoms in total. The first-order valence-electron chi connectivity index (χ1n) is 18.2. The molecule has 0 saturated carbocycles. The molecule has 4 atom stereocenters. The zero-order valence-electron chi connectivity index (χ0n) is 31.6. The maximum atomic E-state index is 10.00. The van der Waals surface area contributed by atoms with Gasteiger partial charge < -0.3 is 0 Å². The smallest absolute Gasteiger partial charge is 0.0994 e. The van der Waals surface area contributed by atoms with Crippen LogP contribution in [0, 0.1) is 36.5 Å². The summed E-state index contributed by atoms with van der Waals surface area (Å²) in [6.45, 7) is 22.4. The van der Waals surface area contributed by atoms with Crippen molar-refractivity contribution >= 4 is 0 Å². The van der Waals surface area contributed by atoms with E-state index in [1.807, 2.05) is 18.2 Å². The van der Waals surface area contributed by atoms with Crippen molar-refractivity contribution in [2.45, 2.75) is 105 Å². The zero-order valence-corrected chi connectivity index (χ0v) is 31.6. The van der Waals surface area contributed by atoms with Crippen LogP contribution in [0.1, 0.15) is 157 Å². The molecule has 0 aliphatic rings. The van der Waals surface area contributed by atoms with Crippen molar-refractivity contribution in [2.75, 3.05) is 0 Å². The molecule has 4 unspecified atom stereocenters. The van der Waals surface area contributed by atoms with Crippen LogP contribution in [-0.2, 0) is 11.8 Å². The Balaban J connectivity index is 1.50. The average molecular weight is 657 g/mol. The van der Waals surface area contributed by atoms with Gasteiger partial charge in [0.2, 0.25) is 0 Å². The normalized spacial score (nSPS) is 13.9. The fourth-order valence-corrected chi connectivity index (χ4v) is 7.47. The molecule has 5 rings (SSSR count). The van der Waals surface area contributed by atoms with E-state index in [4.69, 9.17) is 0 Å². The molecule has 0 fully saturated rings. The highest BCUT2D eigenvalue weighted by molar-refractivity contribution is 5.52. The van der Waals surface area contributed by atoms with Gasteiger partial charge in [0, 0.05) is 23.7 Å². The van der Waals surface area contributed by atoms with Crippen LogP contribution in [0.4, 0.5) is 0 Å². The second-order valence-corrected chi connectivity index (χ2v) is 15.3. The Morgan fingerprint density at radius 3 is 1.38 bits per heavy atom. The summed E-state index contributed by atoms with van der Waals surface area (Å²) >= 11 is 0. The molecule has 0 saturated heterocycles. The van der Waals surface area contributed by atoms with Crippen LogP contribution in [0.15, 0.2) is 97.1 Å². The first-order valence-corrected chi connectivity index (χ1v) is 18.2. The lowest BCUT2D eigenvalue weighted by atomic mass is 9.79.